The first kappa shape index (κ1) is 13.8. The fraction of sp³-hybridized carbons (Fsp3) is 0.273. The van der Waals surface area contributed by atoms with E-state index in [2.05, 4.69) is 35.8 Å². The lowest BCUT2D eigenvalue weighted by Gasteiger charge is -2.08. The molecule has 1 rings (SSSR count). The summed E-state index contributed by atoms with van der Waals surface area (Å²) >= 11 is 0. The smallest absolute Gasteiger partial charge is 0.511 e. The maximum atomic E-state index is 13.0. The number of halogens is 1. The van der Waals surface area contributed by atoms with E-state index in [1.165, 1.54) is 12.1 Å². The third kappa shape index (κ3) is 5.04. The first-order valence-electron chi connectivity index (χ1n) is 5.13. The molecule has 0 bridgehead atoms. The normalized spacial score (nSPS) is 10.5. The summed E-state index contributed by atoms with van der Waals surface area (Å²) in [5.74, 6) is 2.40. The van der Waals surface area contributed by atoms with E-state index < -0.39 is 21.2 Å². The molecule has 0 saturated heterocycles. The fourth-order valence-corrected chi connectivity index (χ4v) is 1.58. The minimum absolute atomic E-state index is 0.0331. The molecule has 0 aliphatic carbocycles. The topological polar surface area (TPSA) is 49.7 Å². The van der Waals surface area contributed by atoms with Gasteiger partial charge < -0.3 is 14.7 Å². The van der Waals surface area contributed by atoms with Crippen molar-refractivity contribution in [2.75, 3.05) is 0 Å². The van der Waals surface area contributed by atoms with E-state index in [1.54, 1.807) is 0 Å². The van der Waals surface area contributed by atoms with Gasteiger partial charge in [-0.25, -0.2) is 4.39 Å². The largest absolute Gasteiger partial charge is 0.707 e. The van der Waals surface area contributed by atoms with Gasteiger partial charge in [0, 0.05) is 6.07 Å². The molecule has 0 heterocycles. The van der Waals surface area contributed by atoms with Gasteiger partial charge in [0.25, 0.3) is 0 Å². The Morgan fingerprint density at radius 1 is 1.29 bits per heavy atom. The monoisotopic (exact) mass is 252 g/mol. The molecule has 6 heteroatoms. The molecule has 0 aliphatic heterocycles. The lowest BCUT2D eigenvalue weighted by Crippen LogP contribution is -2.21. The Labute approximate surface area is 101 Å². The lowest BCUT2D eigenvalue weighted by atomic mass is 10.1. The molecule has 0 radical (unpaired) electrons. The maximum absolute atomic E-state index is 13.0. The molecule has 0 aliphatic rings. The Balaban J connectivity index is 3.09. The highest BCUT2D eigenvalue weighted by atomic mass is 28.3. The van der Waals surface area contributed by atoms with Gasteiger partial charge in [-0.15, -0.1) is 5.54 Å². The minimum atomic E-state index is -1.98. The van der Waals surface area contributed by atoms with Gasteiger partial charge in [-0.3, -0.25) is 0 Å². The fourth-order valence-electron chi connectivity index (χ4n) is 1.07. The summed E-state index contributed by atoms with van der Waals surface area (Å²) in [6.07, 6.45) is 0. The molecular formula is C11H14BFO3Si. The van der Waals surface area contributed by atoms with Gasteiger partial charge >= 0.3 is 7.32 Å². The van der Waals surface area contributed by atoms with Crippen molar-refractivity contribution in [3.63, 3.8) is 0 Å². The molecule has 0 spiro atoms. The Morgan fingerprint density at radius 3 is 2.47 bits per heavy atom. The Kier molecular flexibility index (Phi) is 4.35. The van der Waals surface area contributed by atoms with Crippen LogP contribution in [0.5, 0.6) is 5.75 Å². The summed E-state index contributed by atoms with van der Waals surface area (Å²) < 4.78 is 17.7. The summed E-state index contributed by atoms with van der Waals surface area (Å²) in [6.45, 7) is 6.22. The van der Waals surface area contributed by atoms with Crippen LogP contribution in [0.25, 0.3) is 0 Å². The van der Waals surface area contributed by atoms with E-state index in [0.717, 1.165) is 6.07 Å². The van der Waals surface area contributed by atoms with Gasteiger partial charge in [-0.2, -0.15) is 0 Å². The number of rotatable bonds is 2. The van der Waals surface area contributed by atoms with E-state index in [4.69, 9.17) is 10.0 Å². The molecule has 0 unspecified atom stereocenters. The van der Waals surface area contributed by atoms with E-state index >= 15 is 0 Å². The van der Waals surface area contributed by atoms with Crippen LogP contribution in [0.15, 0.2) is 18.2 Å². The van der Waals surface area contributed by atoms with Crippen molar-refractivity contribution in [2.45, 2.75) is 19.6 Å². The number of hydrogen-bond donors (Lipinski definition) is 2. The van der Waals surface area contributed by atoms with Crippen LogP contribution in [0.4, 0.5) is 4.39 Å². The second-order valence-electron chi connectivity index (χ2n) is 4.58. The second kappa shape index (κ2) is 5.36. The molecule has 90 valence electrons. The van der Waals surface area contributed by atoms with Crippen molar-refractivity contribution in [1.29, 1.82) is 0 Å². The van der Waals surface area contributed by atoms with Gasteiger partial charge in [0.1, 0.15) is 19.6 Å². The van der Waals surface area contributed by atoms with Gasteiger partial charge in [0.15, 0.2) is 0 Å². The Bertz CT molecular complexity index is 460. The van der Waals surface area contributed by atoms with Crippen molar-refractivity contribution in [1.82, 2.24) is 0 Å². The van der Waals surface area contributed by atoms with E-state index in [0.29, 0.717) is 5.56 Å². The van der Waals surface area contributed by atoms with Gasteiger partial charge in [0.05, 0.1) is 5.56 Å². The van der Waals surface area contributed by atoms with E-state index in [9.17, 15) is 4.39 Å². The van der Waals surface area contributed by atoms with Crippen LogP contribution >= 0.6 is 0 Å². The number of benzene rings is 1. The van der Waals surface area contributed by atoms with Crippen molar-refractivity contribution < 1.29 is 19.1 Å². The molecule has 17 heavy (non-hydrogen) atoms. The van der Waals surface area contributed by atoms with Crippen LogP contribution in [-0.2, 0) is 0 Å². The van der Waals surface area contributed by atoms with Crippen molar-refractivity contribution in [3.05, 3.63) is 29.6 Å². The average Bonchev–Trinajstić information content (AvgIpc) is 2.14. The molecule has 3 nitrogen and oxygen atoms in total. The maximum Gasteiger partial charge on any atom is 0.707 e. The van der Waals surface area contributed by atoms with E-state index in [-0.39, 0.29) is 5.75 Å². The summed E-state index contributed by atoms with van der Waals surface area (Å²) in [7, 11) is -3.53. The third-order valence-electron chi connectivity index (χ3n) is 1.75. The molecule has 0 saturated carbocycles. The standard InChI is InChI=1S/C11H14BFO3Si/c1-17(2,3)7-6-9-4-5-10(13)8-11(9)16-12(14)15/h4-5,8,14-15H,1-3H3. The highest BCUT2D eigenvalue weighted by Crippen LogP contribution is 2.19. The zero-order valence-corrected chi connectivity index (χ0v) is 11.0. The van der Waals surface area contributed by atoms with Crippen LogP contribution in [0, 0.1) is 17.3 Å². The van der Waals surface area contributed by atoms with Crippen LogP contribution in [0.2, 0.25) is 19.6 Å². The van der Waals surface area contributed by atoms with Gasteiger partial charge in [-0.1, -0.05) is 25.6 Å². The lowest BCUT2D eigenvalue weighted by molar-refractivity contribution is 0.287. The zero-order chi connectivity index (χ0) is 13.1. The molecule has 2 N–H and O–H groups in total. The van der Waals surface area contributed by atoms with Gasteiger partial charge in [-0.05, 0) is 12.1 Å². The molecule has 0 amide bonds. The van der Waals surface area contributed by atoms with Crippen molar-refractivity contribution in [2.24, 2.45) is 0 Å². The summed E-state index contributed by atoms with van der Waals surface area (Å²) in [6, 6.07) is 3.79. The molecule has 0 aromatic heterocycles. The molecule has 0 fully saturated rings. The average molecular weight is 252 g/mol. The minimum Gasteiger partial charge on any atom is -0.511 e. The van der Waals surface area contributed by atoms with Crippen molar-refractivity contribution in [3.8, 4) is 17.2 Å². The summed E-state index contributed by atoms with van der Waals surface area (Å²) in [4.78, 5) is 0. The molecule has 0 atom stereocenters. The van der Waals surface area contributed by atoms with Crippen LogP contribution < -0.4 is 4.65 Å². The Morgan fingerprint density at radius 2 is 1.94 bits per heavy atom. The van der Waals surface area contributed by atoms with Gasteiger partial charge in [0.2, 0.25) is 0 Å². The first-order chi connectivity index (χ1) is 7.78. The van der Waals surface area contributed by atoms with Crippen LogP contribution in [-0.4, -0.2) is 25.4 Å². The van der Waals surface area contributed by atoms with Crippen molar-refractivity contribution >= 4 is 15.4 Å². The summed E-state index contributed by atoms with van der Waals surface area (Å²) in [5, 5.41) is 17.4. The zero-order valence-electron chi connectivity index (χ0n) is 9.99. The second-order valence-corrected chi connectivity index (χ2v) is 9.33. The predicted molar refractivity (Wildman–Crippen MR) is 67.4 cm³/mol. The molecule has 1 aromatic rings. The number of hydrogen-bond acceptors (Lipinski definition) is 3. The van der Waals surface area contributed by atoms with E-state index in [1.807, 2.05) is 0 Å². The SMILES string of the molecule is C[Si](C)(C)C#Cc1ccc(F)cc1OB(O)O. The summed E-state index contributed by atoms with van der Waals surface area (Å²) in [5.41, 5.74) is 3.54. The van der Waals surface area contributed by atoms with Crippen LogP contribution in [0.3, 0.4) is 0 Å². The highest BCUT2D eigenvalue weighted by molar-refractivity contribution is 6.83. The third-order valence-corrected chi connectivity index (χ3v) is 2.62. The highest BCUT2D eigenvalue weighted by Gasteiger charge is 2.15. The van der Waals surface area contributed by atoms with Crippen LogP contribution in [0.1, 0.15) is 5.56 Å². The first-order valence-corrected chi connectivity index (χ1v) is 8.63. The quantitative estimate of drug-likeness (QED) is 0.618. The Hall–Kier alpha value is -1.29. The molecule has 1 aromatic carbocycles. The molecular weight excluding hydrogens is 238 g/mol. The predicted octanol–water partition coefficient (Wildman–Crippen LogP) is 1.40.